The molecule has 0 radical (unpaired) electrons. The summed E-state index contributed by atoms with van der Waals surface area (Å²) in [4.78, 5) is 24.6. The Kier molecular flexibility index (Phi) is 4.92. The largest absolute Gasteiger partial charge is 0.383 e. The summed E-state index contributed by atoms with van der Waals surface area (Å²) in [7, 11) is 0. The Labute approximate surface area is 149 Å². The van der Waals surface area contributed by atoms with E-state index in [0.29, 0.717) is 22.9 Å². The first-order valence-electron chi connectivity index (χ1n) is 7.42. The first-order valence-corrected chi connectivity index (χ1v) is 8.18. The average Bonchev–Trinajstić information content (AvgIpc) is 2.71. The lowest BCUT2D eigenvalue weighted by Crippen LogP contribution is -2.30. The van der Waals surface area contributed by atoms with Gasteiger partial charge < -0.3 is 16.0 Å². The van der Waals surface area contributed by atoms with E-state index >= 15 is 0 Å². The van der Waals surface area contributed by atoms with Gasteiger partial charge in [0.25, 0.3) is 0 Å². The maximum absolute atomic E-state index is 12.3. The zero-order chi connectivity index (χ0) is 17.1. The van der Waals surface area contributed by atoms with Gasteiger partial charge in [-0.2, -0.15) is 0 Å². The van der Waals surface area contributed by atoms with Gasteiger partial charge in [0.2, 0.25) is 11.8 Å². The number of rotatable bonds is 3. The summed E-state index contributed by atoms with van der Waals surface area (Å²) in [5, 5.41) is 9.36. The fourth-order valence-electron chi connectivity index (χ4n) is 2.50. The maximum atomic E-state index is 12.3. The summed E-state index contributed by atoms with van der Waals surface area (Å²) >= 11 is 12.0. The van der Waals surface area contributed by atoms with Crippen LogP contribution in [-0.4, -0.2) is 18.4 Å². The lowest BCUT2D eigenvalue weighted by molar-refractivity contribution is -0.124. The number of carbonyl (C=O) groups is 2. The molecule has 0 saturated carbocycles. The van der Waals surface area contributed by atoms with Crippen molar-refractivity contribution in [2.24, 2.45) is 5.92 Å². The van der Waals surface area contributed by atoms with Crippen molar-refractivity contribution >= 4 is 52.1 Å². The average molecular weight is 364 g/mol. The van der Waals surface area contributed by atoms with Crippen LogP contribution in [0, 0.1) is 5.92 Å². The summed E-state index contributed by atoms with van der Waals surface area (Å²) < 4.78 is 0. The maximum Gasteiger partial charge on any atom is 0.229 e. The molecule has 1 heterocycles. The fraction of sp³-hybridized carbons (Fsp3) is 0.176. The van der Waals surface area contributed by atoms with Crippen molar-refractivity contribution in [3.63, 3.8) is 0 Å². The number of para-hydroxylation sites is 2. The van der Waals surface area contributed by atoms with Gasteiger partial charge in [-0.25, -0.2) is 0 Å². The number of halogens is 2. The minimum Gasteiger partial charge on any atom is -0.383 e. The number of hydrogen-bond acceptors (Lipinski definition) is 3. The van der Waals surface area contributed by atoms with Crippen LogP contribution < -0.4 is 16.0 Å². The van der Waals surface area contributed by atoms with E-state index in [2.05, 4.69) is 16.0 Å². The van der Waals surface area contributed by atoms with Gasteiger partial charge in [-0.15, -0.1) is 0 Å². The molecule has 0 saturated heterocycles. The molecule has 2 aromatic carbocycles. The smallest absolute Gasteiger partial charge is 0.229 e. The predicted octanol–water partition coefficient (Wildman–Crippen LogP) is 4.00. The molecule has 124 valence electrons. The zero-order valence-corrected chi connectivity index (χ0v) is 14.1. The van der Waals surface area contributed by atoms with Crippen molar-refractivity contribution in [2.45, 2.75) is 6.42 Å². The van der Waals surface area contributed by atoms with Crippen LogP contribution in [0.25, 0.3) is 0 Å². The highest BCUT2D eigenvalue weighted by molar-refractivity contribution is 6.44. The molecule has 1 atom stereocenters. The molecule has 0 spiro atoms. The number of anilines is 3. The normalized spacial score (nSPS) is 16.4. The molecule has 0 fully saturated rings. The van der Waals surface area contributed by atoms with Crippen LogP contribution in [0.1, 0.15) is 6.42 Å². The van der Waals surface area contributed by atoms with Crippen molar-refractivity contribution in [1.29, 1.82) is 0 Å². The molecule has 3 rings (SSSR count). The lowest BCUT2D eigenvalue weighted by atomic mass is 10.0. The molecule has 7 heteroatoms. The van der Waals surface area contributed by atoms with Gasteiger partial charge in [0.05, 0.1) is 33.0 Å². The van der Waals surface area contributed by atoms with Gasteiger partial charge in [-0.3, -0.25) is 9.59 Å². The number of carbonyl (C=O) groups excluding carboxylic acids is 2. The molecule has 0 aliphatic carbocycles. The van der Waals surface area contributed by atoms with E-state index in [-0.39, 0.29) is 23.3 Å². The van der Waals surface area contributed by atoms with Crippen LogP contribution >= 0.6 is 23.2 Å². The molecule has 1 aliphatic rings. The van der Waals surface area contributed by atoms with Crippen LogP contribution in [0.3, 0.4) is 0 Å². The monoisotopic (exact) mass is 363 g/mol. The van der Waals surface area contributed by atoms with Crippen molar-refractivity contribution in [2.75, 3.05) is 22.5 Å². The van der Waals surface area contributed by atoms with E-state index in [0.717, 1.165) is 5.69 Å². The highest BCUT2D eigenvalue weighted by Gasteiger charge is 2.25. The summed E-state index contributed by atoms with van der Waals surface area (Å²) in [5.74, 6) is -0.984. The first-order chi connectivity index (χ1) is 11.5. The van der Waals surface area contributed by atoms with Crippen molar-refractivity contribution in [1.82, 2.24) is 0 Å². The van der Waals surface area contributed by atoms with Crippen molar-refractivity contribution in [3.05, 3.63) is 52.5 Å². The van der Waals surface area contributed by atoms with Crippen molar-refractivity contribution < 1.29 is 9.59 Å². The van der Waals surface area contributed by atoms with E-state index < -0.39 is 5.92 Å². The van der Waals surface area contributed by atoms with Crippen LogP contribution in [0.2, 0.25) is 10.0 Å². The number of benzene rings is 2. The van der Waals surface area contributed by atoms with Crippen LogP contribution in [-0.2, 0) is 9.59 Å². The zero-order valence-electron chi connectivity index (χ0n) is 12.6. The fourth-order valence-corrected chi connectivity index (χ4v) is 2.84. The van der Waals surface area contributed by atoms with E-state index in [1.54, 1.807) is 18.2 Å². The molecular formula is C17H15Cl2N3O2. The minimum atomic E-state index is -0.490. The van der Waals surface area contributed by atoms with Crippen LogP contribution in [0.5, 0.6) is 0 Å². The standard InChI is InChI=1S/C17H15Cl2N3O2/c18-11-4-3-7-14(16(11)19)21-15(23)8-10-9-20-12-5-1-2-6-13(12)22-17(10)24/h1-7,10,20H,8-9H2,(H,21,23)(H,22,24). The van der Waals surface area contributed by atoms with E-state index in [1.165, 1.54) is 0 Å². The molecule has 1 unspecified atom stereocenters. The molecule has 2 aromatic rings. The molecule has 3 N–H and O–H groups in total. The van der Waals surface area contributed by atoms with Crippen LogP contribution in [0.4, 0.5) is 17.1 Å². The highest BCUT2D eigenvalue weighted by atomic mass is 35.5. The molecule has 0 bridgehead atoms. The topological polar surface area (TPSA) is 70.2 Å². The second kappa shape index (κ2) is 7.11. The van der Waals surface area contributed by atoms with Gasteiger partial charge in [0.15, 0.2) is 0 Å². The number of nitrogens with one attached hydrogen (secondary N) is 3. The summed E-state index contributed by atoms with van der Waals surface area (Å²) in [6.45, 7) is 0.375. The first kappa shape index (κ1) is 16.6. The van der Waals surface area contributed by atoms with Gasteiger partial charge in [-0.05, 0) is 24.3 Å². The Hall–Kier alpha value is -2.24. The Morgan fingerprint density at radius 1 is 1.12 bits per heavy atom. The van der Waals surface area contributed by atoms with Crippen molar-refractivity contribution in [3.8, 4) is 0 Å². The summed E-state index contributed by atoms with van der Waals surface area (Å²) in [6, 6.07) is 12.4. The van der Waals surface area contributed by atoms with Gasteiger partial charge in [0.1, 0.15) is 0 Å². The molecule has 1 aliphatic heterocycles. The number of amides is 2. The third-order valence-electron chi connectivity index (χ3n) is 3.75. The van der Waals surface area contributed by atoms with Gasteiger partial charge in [-0.1, -0.05) is 41.4 Å². The van der Waals surface area contributed by atoms with Crippen LogP contribution in [0.15, 0.2) is 42.5 Å². The SMILES string of the molecule is O=C(CC1CNc2ccccc2NC1=O)Nc1cccc(Cl)c1Cl. The Morgan fingerprint density at radius 3 is 2.67 bits per heavy atom. The highest BCUT2D eigenvalue weighted by Crippen LogP contribution is 2.30. The Morgan fingerprint density at radius 2 is 1.88 bits per heavy atom. The summed E-state index contributed by atoms with van der Waals surface area (Å²) in [6.07, 6.45) is 0.0374. The second-order valence-corrected chi connectivity index (χ2v) is 6.25. The Bertz CT molecular complexity index is 795. The molecule has 5 nitrogen and oxygen atoms in total. The molecule has 2 amide bonds. The Balaban J connectivity index is 1.67. The quantitative estimate of drug-likeness (QED) is 0.771. The molecule has 24 heavy (non-hydrogen) atoms. The summed E-state index contributed by atoms with van der Waals surface area (Å²) in [5.41, 5.74) is 1.98. The predicted molar refractivity (Wildman–Crippen MR) is 96.8 cm³/mol. The van der Waals surface area contributed by atoms with E-state index in [1.807, 2.05) is 24.3 Å². The second-order valence-electron chi connectivity index (χ2n) is 5.47. The van der Waals surface area contributed by atoms with Gasteiger partial charge in [0, 0.05) is 13.0 Å². The number of fused-ring (bicyclic) bond motifs is 1. The molecule has 0 aromatic heterocycles. The minimum absolute atomic E-state index is 0.0374. The third-order valence-corrected chi connectivity index (χ3v) is 4.57. The van der Waals surface area contributed by atoms with Gasteiger partial charge >= 0.3 is 0 Å². The third kappa shape index (κ3) is 3.63. The lowest BCUT2D eigenvalue weighted by Gasteiger charge is -2.14. The van der Waals surface area contributed by atoms with E-state index in [9.17, 15) is 9.59 Å². The van der Waals surface area contributed by atoms with E-state index in [4.69, 9.17) is 23.2 Å². The molecular weight excluding hydrogens is 349 g/mol. The number of hydrogen-bond donors (Lipinski definition) is 3.